The van der Waals surface area contributed by atoms with Gasteiger partial charge in [0.1, 0.15) is 0 Å². The molecule has 0 spiro atoms. The maximum absolute atomic E-state index is 12.5. The standard InChI is InChI=1S/C15H28N4O2/c1-17(2)14(20)12-18-8-3-9-19(11-10-18)15(21)13-4-6-16-7-5-13/h13,16H,3-12H2,1-2H3. The SMILES string of the molecule is CN(C)C(=O)CN1CCCN(C(=O)C2CCNCC2)CC1. The fourth-order valence-electron chi connectivity index (χ4n) is 3.01. The summed E-state index contributed by atoms with van der Waals surface area (Å²) in [7, 11) is 3.57. The number of carbonyl (C=O) groups excluding carboxylic acids is 2. The van der Waals surface area contributed by atoms with Crippen molar-refractivity contribution < 1.29 is 9.59 Å². The van der Waals surface area contributed by atoms with E-state index in [1.165, 1.54) is 0 Å². The lowest BCUT2D eigenvalue weighted by Crippen LogP contribution is -2.43. The van der Waals surface area contributed by atoms with Crippen molar-refractivity contribution in [1.82, 2.24) is 20.0 Å². The summed E-state index contributed by atoms with van der Waals surface area (Å²) in [4.78, 5) is 30.1. The van der Waals surface area contributed by atoms with Crippen LogP contribution in [0, 0.1) is 5.92 Å². The summed E-state index contributed by atoms with van der Waals surface area (Å²) in [5, 5.41) is 3.30. The Morgan fingerprint density at radius 2 is 1.81 bits per heavy atom. The quantitative estimate of drug-likeness (QED) is 0.770. The van der Waals surface area contributed by atoms with Crippen molar-refractivity contribution in [3.05, 3.63) is 0 Å². The van der Waals surface area contributed by atoms with Gasteiger partial charge in [-0.25, -0.2) is 0 Å². The minimum atomic E-state index is 0.133. The number of amides is 2. The maximum atomic E-state index is 12.5. The average molecular weight is 296 g/mol. The van der Waals surface area contributed by atoms with Gasteiger partial charge < -0.3 is 15.1 Å². The Balaban J connectivity index is 1.82. The van der Waals surface area contributed by atoms with Gasteiger partial charge in [-0.15, -0.1) is 0 Å². The smallest absolute Gasteiger partial charge is 0.236 e. The molecule has 2 saturated heterocycles. The molecule has 2 amide bonds. The van der Waals surface area contributed by atoms with Gasteiger partial charge in [-0.3, -0.25) is 14.5 Å². The number of piperidine rings is 1. The van der Waals surface area contributed by atoms with E-state index in [0.717, 1.165) is 58.5 Å². The largest absolute Gasteiger partial charge is 0.348 e. The summed E-state index contributed by atoms with van der Waals surface area (Å²) in [5.74, 6) is 0.645. The van der Waals surface area contributed by atoms with Gasteiger partial charge in [-0.2, -0.15) is 0 Å². The van der Waals surface area contributed by atoms with Crippen molar-refractivity contribution in [2.45, 2.75) is 19.3 Å². The molecule has 0 aromatic carbocycles. The molecule has 0 bridgehead atoms. The highest BCUT2D eigenvalue weighted by Crippen LogP contribution is 2.16. The Labute approximate surface area is 127 Å². The molecule has 2 aliphatic rings. The normalized spacial score (nSPS) is 21.9. The zero-order chi connectivity index (χ0) is 15.2. The molecule has 0 radical (unpaired) electrons. The first-order valence-corrected chi connectivity index (χ1v) is 8.00. The molecule has 1 N–H and O–H groups in total. The summed E-state index contributed by atoms with van der Waals surface area (Å²) in [6.45, 7) is 5.65. The van der Waals surface area contributed by atoms with Crippen molar-refractivity contribution in [1.29, 1.82) is 0 Å². The van der Waals surface area contributed by atoms with Gasteiger partial charge in [0.25, 0.3) is 0 Å². The Kier molecular flexibility index (Phi) is 5.99. The van der Waals surface area contributed by atoms with Crippen LogP contribution in [0.4, 0.5) is 0 Å². The third-order valence-electron chi connectivity index (χ3n) is 4.45. The molecule has 120 valence electrons. The van der Waals surface area contributed by atoms with E-state index >= 15 is 0 Å². The van der Waals surface area contributed by atoms with Gasteiger partial charge >= 0.3 is 0 Å². The van der Waals surface area contributed by atoms with Crippen LogP contribution in [0.25, 0.3) is 0 Å². The van der Waals surface area contributed by atoms with Crippen molar-refractivity contribution in [2.75, 3.05) is 59.9 Å². The van der Waals surface area contributed by atoms with Crippen LogP contribution in [0.3, 0.4) is 0 Å². The second-order valence-electron chi connectivity index (χ2n) is 6.27. The molecule has 0 aliphatic carbocycles. The van der Waals surface area contributed by atoms with E-state index in [2.05, 4.69) is 10.2 Å². The van der Waals surface area contributed by atoms with Gasteiger partial charge in [0, 0.05) is 46.2 Å². The molecule has 0 aromatic rings. The van der Waals surface area contributed by atoms with Gasteiger partial charge in [-0.1, -0.05) is 0 Å². The molecule has 0 aromatic heterocycles. The molecule has 2 rings (SSSR count). The fourth-order valence-corrected chi connectivity index (χ4v) is 3.01. The molecule has 6 nitrogen and oxygen atoms in total. The summed E-state index contributed by atoms with van der Waals surface area (Å²) in [6.07, 6.45) is 2.87. The Hall–Kier alpha value is -1.14. The first-order valence-electron chi connectivity index (χ1n) is 8.00. The molecule has 2 heterocycles. The third kappa shape index (κ3) is 4.68. The number of likely N-dealkylation sites (N-methyl/N-ethyl adjacent to an activating group) is 1. The lowest BCUT2D eigenvalue weighted by molar-refractivity contribution is -0.136. The van der Waals surface area contributed by atoms with Crippen LogP contribution in [0.15, 0.2) is 0 Å². The number of nitrogens with zero attached hydrogens (tertiary/aromatic N) is 3. The van der Waals surface area contributed by atoms with Crippen molar-refractivity contribution in [2.24, 2.45) is 5.92 Å². The van der Waals surface area contributed by atoms with Gasteiger partial charge in [0.15, 0.2) is 0 Å². The van der Waals surface area contributed by atoms with Crippen molar-refractivity contribution in [3.8, 4) is 0 Å². The van der Waals surface area contributed by atoms with E-state index in [9.17, 15) is 9.59 Å². The van der Waals surface area contributed by atoms with E-state index in [-0.39, 0.29) is 11.8 Å². The van der Waals surface area contributed by atoms with Gasteiger partial charge in [0.05, 0.1) is 6.54 Å². The molecule has 0 saturated carbocycles. The molecule has 21 heavy (non-hydrogen) atoms. The van der Waals surface area contributed by atoms with Crippen molar-refractivity contribution >= 4 is 11.8 Å². The van der Waals surface area contributed by atoms with E-state index < -0.39 is 0 Å². The molecule has 2 aliphatic heterocycles. The van der Waals surface area contributed by atoms with Crippen LogP contribution in [0.5, 0.6) is 0 Å². The number of hydrogen-bond acceptors (Lipinski definition) is 4. The summed E-state index contributed by atoms with van der Waals surface area (Å²) in [6, 6.07) is 0. The first-order chi connectivity index (χ1) is 10.1. The van der Waals surface area contributed by atoms with E-state index in [0.29, 0.717) is 12.5 Å². The zero-order valence-corrected chi connectivity index (χ0v) is 13.3. The Morgan fingerprint density at radius 3 is 2.48 bits per heavy atom. The summed E-state index contributed by atoms with van der Waals surface area (Å²) in [5.41, 5.74) is 0. The average Bonchev–Trinajstić information content (AvgIpc) is 2.73. The van der Waals surface area contributed by atoms with Gasteiger partial charge in [-0.05, 0) is 32.4 Å². The monoisotopic (exact) mass is 296 g/mol. The maximum Gasteiger partial charge on any atom is 0.236 e. The Morgan fingerprint density at radius 1 is 1.10 bits per heavy atom. The van der Waals surface area contributed by atoms with Crippen molar-refractivity contribution in [3.63, 3.8) is 0 Å². The Bertz CT molecular complexity index is 367. The summed E-state index contributed by atoms with van der Waals surface area (Å²) < 4.78 is 0. The fraction of sp³-hybridized carbons (Fsp3) is 0.867. The van der Waals surface area contributed by atoms with E-state index in [1.54, 1.807) is 19.0 Å². The second kappa shape index (κ2) is 7.75. The summed E-state index contributed by atoms with van der Waals surface area (Å²) >= 11 is 0. The van der Waals surface area contributed by atoms with Crippen LogP contribution < -0.4 is 5.32 Å². The van der Waals surface area contributed by atoms with Crippen LogP contribution in [-0.4, -0.2) is 86.4 Å². The lowest BCUT2D eigenvalue weighted by atomic mass is 9.96. The molecule has 2 fully saturated rings. The number of carbonyl (C=O) groups is 2. The highest BCUT2D eigenvalue weighted by atomic mass is 16.2. The predicted octanol–water partition coefficient (Wildman–Crippen LogP) is -0.391. The van der Waals surface area contributed by atoms with Crippen LogP contribution in [0.1, 0.15) is 19.3 Å². The number of rotatable bonds is 3. The first kappa shape index (κ1) is 16.2. The zero-order valence-electron chi connectivity index (χ0n) is 13.3. The third-order valence-corrected chi connectivity index (χ3v) is 4.45. The molecule has 0 unspecified atom stereocenters. The topological polar surface area (TPSA) is 55.9 Å². The van der Waals surface area contributed by atoms with Gasteiger partial charge in [0.2, 0.25) is 11.8 Å². The number of nitrogens with one attached hydrogen (secondary N) is 1. The molecular formula is C15H28N4O2. The van der Waals surface area contributed by atoms with Crippen LogP contribution in [-0.2, 0) is 9.59 Å². The van der Waals surface area contributed by atoms with E-state index in [1.807, 2.05) is 4.90 Å². The lowest BCUT2D eigenvalue weighted by Gasteiger charge is -2.29. The predicted molar refractivity (Wildman–Crippen MR) is 81.9 cm³/mol. The van der Waals surface area contributed by atoms with Crippen LogP contribution in [0.2, 0.25) is 0 Å². The highest BCUT2D eigenvalue weighted by Gasteiger charge is 2.27. The van der Waals surface area contributed by atoms with Crippen LogP contribution >= 0.6 is 0 Å². The second-order valence-corrected chi connectivity index (χ2v) is 6.27. The molecular weight excluding hydrogens is 268 g/mol. The highest BCUT2D eigenvalue weighted by molar-refractivity contribution is 5.79. The van der Waals surface area contributed by atoms with E-state index in [4.69, 9.17) is 0 Å². The number of hydrogen-bond donors (Lipinski definition) is 1. The molecule has 0 atom stereocenters. The minimum Gasteiger partial charge on any atom is -0.348 e. The molecule has 6 heteroatoms. The minimum absolute atomic E-state index is 0.133.